The number of ether oxygens (including phenoxy) is 1. The van der Waals surface area contributed by atoms with Crippen LogP contribution in [0.5, 0.6) is 0 Å². The van der Waals surface area contributed by atoms with E-state index in [4.69, 9.17) is 9.84 Å². The van der Waals surface area contributed by atoms with Crippen LogP contribution in [0, 0.1) is 0 Å². The summed E-state index contributed by atoms with van der Waals surface area (Å²) >= 11 is 0. The van der Waals surface area contributed by atoms with E-state index in [1.807, 2.05) is 4.98 Å². The monoisotopic (exact) mass is 259 g/mol. The van der Waals surface area contributed by atoms with Crippen molar-refractivity contribution in [1.82, 2.24) is 14.8 Å². The minimum atomic E-state index is -1.82. The molecule has 1 aliphatic rings. The van der Waals surface area contributed by atoms with Gasteiger partial charge in [0.1, 0.15) is 24.0 Å². The maximum Gasteiger partial charge on any atom is 0.347 e. The predicted octanol–water partition coefficient (Wildman–Crippen LogP) is -3.07. The number of aromatic amines is 1. The van der Waals surface area contributed by atoms with Crippen LogP contribution in [0.3, 0.4) is 0 Å². The summed E-state index contributed by atoms with van der Waals surface area (Å²) in [7, 11) is 0. The van der Waals surface area contributed by atoms with Gasteiger partial charge in [-0.05, 0) is 6.92 Å². The molecule has 18 heavy (non-hydrogen) atoms. The lowest BCUT2D eigenvalue weighted by Gasteiger charge is -2.26. The van der Waals surface area contributed by atoms with Crippen molar-refractivity contribution in [3.05, 3.63) is 27.0 Å². The van der Waals surface area contributed by atoms with Crippen LogP contribution in [0.4, 0.5) is 0 Å². The molecule has 0 aliphatic carbocycles. The smallest absolute Gasteiger partial charge is 0.347 e. The van der Waals surface area contributed by atoms with Crippen molar-refractivity contribution in [2.24, 2.45) is 0 Å². The van der Waals surface area contributed by atoms with Gasteiger partial charge in [0, 0.05) is 0 Å². The van der Waals surface area contributed by atoms with Gasteiger partial charge in [-0.25, -0.2) is 4.79 Å². The molecule has 9 heteroatoms. The molecule has 1 aliphatic heterocycles. The Labute approximate surface area is 100 Å². The lowest BCUT2D eigenvalue weighted by Crippen LogP contribution is -2.47. The molecule has 0 radical (unpaired) electrons. The molecule has 2 heterocycles. The van der Waals surface area contributed by atoms with Crippen LogP contribution in [0.2, 0.25) is 0 Å². The Morgan fingerprint density at radius 1 is 1.61 bits per heavy atom. The molecule has 0 amide bonds. The topological polar surface area (TPSA) is 138 Å². The third-order valence-electron chi connectivity index (χ3n) is 2.89. The second-order valence-electron chi connectivity index (χ2n) is 4.26. The van der Waals surface area contributed by atoms with Crippen molar-refractivity contribution >= 4 is 0 Å². The van der Waals surface area contributed by atoms with Crippen LogP contribution >= 0.6 is 0 Å². The minimum absolute atomic E-state index is 0.522. The number of nitrogens with one attached hydrogen (secondary N) is 1. The Bertz CT molecular complexity index is 550. The Kier molecular flexibility index (Phi) is 3.07. The summed E-state index contributed by atoms with van der Waals surface area (Å²) < 4.78 is 5.88. The van der Waals surface area contributed by atoms with E-state index < -0.39 is 41.9 Å². The molecule has 1 aromatic heterocycles. The van der Waals surface area contributed by atoms with E-state index in [0.29, 0.717) is 4.68 Å². The van der Waals surface area contributed by atoms with Crippen molar-refractivity contribution in [2.45, 2.75) is 31.0 Å². The molecule has 100 valence electrons. The molecule has 2 rings (SSSR count). The Balaban J connectivity index is 2.45. The van der Waals surface area contributed by atoms with Crippen LogP contribution in [0.25, 0.3) is 0 Å². The normalized spacial score (nSPS) is 35.9. The second kappa shape index (κ2) is 4.28. The zero-order valence-corrected chi connectivity index (χ0v) is 9.48. The molecule has 1 saturated heterocycles. The molecule has 0 aromatic carbocycles. The molecule has 1 aromatic rings. The maximum atomic E-state index is 11.5. The highest BCUT2D eigenvalue weighted by Crippen LogP contribution is 2.36. The number of aromatic nitrogens is 3. The van der Waals surface area contributed by atoms with Crippen LogP contribution in [-0.2, 0) is 4.74 Å². The first kappa shape index (κ1) is 12.9. The Morgan fingerprint density at radius 2 is 2.28 bits per heavy atom. The summed E-state index contributed by atoms with van der Waals surface area (Å²) in [5.41, 5.74) is -3.38. The molecule has 1 fully saturated rings. The summed E-state index contributed by atoms with van der Waals surface area (Å²) in [5.74, 6) is 0. The quantitative estimate of drug-likeness (QED) is 0.442. The van der Waals surface area contributed by atoms with E-state index in [1.165, 1.54) is 6.92 Å². The highest BCUT2D eigenvalue weighted by atomic mass is 16.6. The fourth-order valence-electron chi connectivity index (χ4n) is 1.88. The molecule has 9 nitrogen and oxygen atoms in total. The van der Waals surface area contributed by atoms with E-state index in [-0.39, 0.29) is 0 Å². The van der Waals surface area contributed by atoms with E-state index >= 15 is 0 Å². The minimum Gasteiger partial charge on any atom is -0.394 e. The molecule has 4 atom stereocenters. The highest BCUT2D eigenvalue weighted by Gasteiger charge is 2.53. The zero-order valence-electron chi connectivity index (χ0n) is 9.48. The van der Waals surface area contributed by atoms with Gasteiger partial charge in [0.2, 0.25) is 0 Å². The van der Waals surface area contributed by atoms with Gasteiger partial charge in [-0.1, -0.05) is 0 Å². The second-order valence-corrected chi connectivity index (χ2v) is 4.26. The summed E-state index contributed by atoms with van der Waals surface area (Å²) in [4.78, 5) is 24.4. The number of hydrogen-bond donors (Lipinski definition) is 4. The van der Waals surface area contributed by atoms with Gasteiger partial charge in [0.15, 0.2) is 6.23 Å². The van der Waals surface area contributed by atoms with Crippen LogP contribution in [0.15, 0.2) is 15.8 Å². The molecule has 4 N–H and O–H groups in total. The predicted molar refractivity (Wildman–Crippen MR) is 56.7 cm³/mol. The van der Waals surface area contributed by atoms with Gasteiger partial charge in [-0.3, -0.25) is 9.78 Å². The van der Waals surface area contributed by atoms with Crippen molar-refractivity contribution in [3.63, 3.8) is 0 Å². The Hall–Kier alpha value is -1.55. The first-order chi connectivity index (χ1) is 8.37. The van der Waals surface area contributed by atoms with Crippen LogP contribution < -0.4 is 11.2 Å². The summed E-state index contributed by atoms with van der Waals surface area (Å²) in [6.45, 7) is 0.725. The maximum absolute atomic E-state index is 11.5. The lowest BCUT2D eigenvalue weighted by atomic mass is 9.97. The number of aliphatic hydroxyl groups excluding tert-OH is 2. The van der Waals surface area contributed by atoms with Gasteiger partial charge in [0.05, 0.1) is 6.61 Å². The van der Waals surface area contributed by atoms with Crippen molar-refractivity contribution in [2.75, 3.05) is 6.61 Å². The number of hydrogen-bond acceptors (Lipinski definition) is 7. The highest BCUT2D eigenvalue weighted by molar-refractivity contribution is 4.98. The zero-order chi connectivity index (χ0) is 13.5. The summed E-state index contributed by atoms with van der Waals surface area (Å²) in [6.07, 6.45) is -2.87. The van der Waals surface area contributed by atoms with Gasteiger partial charge in [0.25, 0.3) is 5.56 Å². The van der Waals surface area contributed by atoms with Crippen molar-refractivity contribution in [1.29, 1.82) is 0 Å². The van der Waals surface area contributed by atoms with Gasteiger partial charge >= 0.3 is 5.69 Å². The number of rotatable bonds is 2. The average molecular weight is 259 g/mol. The van der Waals surface area contributed by atoms with E-state index in [1.54, 1.807) is 0 Å². The third-order valence-corrected chi connectivity index (χ3v) is 2.89. The van der Waals surface area contributed by atoms with Gasteiger partial charge < -0.3 is 20.1 Å². The first-order valence-corrected chi connectivity index (χ1v) is 5.23. The standard InChI is InChI=1S/C9H13N3O6/c1-9(17)6(15)4(3-13)18-7(9)12-8(16)11-5(14)2-10-12/h2,4,6-7,13,15,17H,3H2,1H3,(H,11,14,16)/t4?,6-,7?,9-/m1/s1. The van der Waals surface area contributed by atoms with Crippen LogP contribution in [0.1, 0.15) is 13.2 Å². The lowest BCUT2D eigenvalue weighted by molar-refractivity contribution is -0.105. The number of aliphatic hydroxyl groups is 3. The fourth-order valence-corrected chi connectivity index (χ4v) is 1.88. The fraction of sp³-hybridized carbons (Fsp3) is 0.667. The Morgan fingerprint density at radius 3 is 2.78 bits per heavy atom. The number of H-pyrrole nitrogens is 1. The largest absolute Gasteiger partial charge is 0.394 e. The molecule has 0 saturated carbocycles. The summed E-state index contributed by atoms with van der Waals surface area (Å²) in [6, 6.07) is 0. The summed E-state index contributed by atoms with van der Waals surface area (Å²) in [5, 5.41) is 32.4. The van der Waals surface area contributed by atoms with Gasteiger partial charge in [-0.15, -0.1) is 0 Å². The third kappa shape index (κ3) is 1.86. The SMILES string of the molecule is C[C@]1(O)C(n2ncc(=O)[nH]c2=O)OC(CO)[C@H]1O. The molecule has 0 bridgehead atoms. The van der Waals surface area contributed by atoms with Crippen molar-refractivity contribution < 1.29 is 20.1 Å². The van der Waals surface area contributed by atoms with E-state index in [9.17, 15) is 19.8 Å². The van der Waals surface area contributed by atoms with Crippen LogP contribution in [-0.4, -0.2) is 54.5 Å². The average Bonchev–Trinajstić information content (AvgIpc) is 2.52. The first-order valence-electron chi connectivity index (χ1n) is 5.23. The van der Waals surface area contributed by atoms with Crippen molar-refractivity contribution in [3.8, 4) is 0 Å². The molecule has 0 spiro atoms. The molecule has 2 unspecified atom stereocenters. The van der Waals surface area contributed by atoms with Gasteiger partial charge in [-0.2, -0.15) is 9.78 Å². The van der Waals surface area contributed by atoms with E-state index in [0.717, 1.165) is 6.20 Å². The molecular weight excluding hydrogens is 246 g/mol. The molecular formula is C9H13N3O6. The van der Waals surface area contributed by atoms with E-state index in [2.05, 4.69) is 5.10 Å². The number of nitrogens with zero attached hydrogens (tertiary/aromatic N) is 2.